The van der Waals surface area contributed by atoms with Crippen LogP contribution in [0.5, 0.6) is 11.5 Å². The summed E-state index contributed by atoms with van der Waals surface area (Å²) >= 11 is 7.36. The second kappa shape index (κ2) is 7.71. The van der Waals surface area contributed by atoms with Crippen molar-refractivity contribution in [2.24, 2.45) is 0 Å². The Morgan fingerprint density at radius 2 is 2.16 bits per heavy atom. The zero-order valence-corrected chi connectivity index (χ0v) is 14.9. The van der Waals surface area contributed by atoms with E-state index >= 15 is 0 Å². The fraction of sp³-hybridized carbons (Fsp3) is 0.312. The molecular weight excluding hydrogens is 368 g/mol. The quantitative estimate of drug-likeness (QED) is 0.800. The van der Waals surface area contributed by atoms with Gasteiger partial charge >= 0.3 is 5.97 Å². The molecule has 1 aliphatic rings. The molecule has 0 fully saturated rings. The number of hydrogen-bond donors (Lipinski definition) is 1. The van der Waals surface area contributed by atoms with Gasteiger partial charge in [0.15, 0.2) is 16.6 Å². The van der Waals surface area contributed by atoms with Crippen molar-refractivity contribution in [3.63, 3.8) is 0 Å². The van der Waals surface area contributed by atoms with Crippen LogP contribution >= 0.6 is 22.9 Å². The number of benzene rings is 1. The first-order valence-electron chi connectivity index (χ1n) is 7.57. The largest absolute Gasteiger partial charge is 0.486 e. The summed E-state index contributed by atoms with van der Waals surface area (Å²) in [7, 11) is 0. The van der Waals surface area contributed by atoms with Gasteiger partial charge in [0.25, 0.3) is 5.91 Å². The lowest BCUT2D eigenvalue weighted by Crippen LogP contribution is -2.17. The molecule has 1 aliphatic heterocycles. The predicted molar refractivity (Wildman–Crippen MR) is 92.8 cm³/mol. The highest BCUT2D eigenvalue weighted by molar-refractivity contribution is 7.14. The van der Waals surface area contributed by atoms with Crippen LogP contribution in [0.1, 0.15) is 23.0 Å². The Labute approximate surface area is 152 Å². The molecule has 0 aliphatic carbocycles. The molecule has 7 nitrogen and oxygen atoms in total. The summed E-state index contributed by atoms with van der Waals surface area (Å²) in [5.74, 6) is 0.140. The molecule has 3 rings (SSSR count). The van der Waals surface area contributed by atoms with Crippen LogP contribution in [0.3, 0.4) is 0 Å². The van der Waals surface area contributed by atoms with E-state index in [0.717, 1.165) is 0 Å². The number of carbonyl (C=O) groups is 2. The molecule has 0 unspecified atom stereocenters. The molecule has 25 heavy (non-hydrogen) atoms. The van der Waals surface area contributed by atoms with Crippen LogP contribution in [-0.2, 0) is 16.0 Å². The molecule has 1 N–H and O–H groups in total. The van der Waals surface area contributed by atoms with Crippen molar-refractivity contribution in [2.45, 2.75) is 13.3 Å². The van der Waals surface area contributed by atoms with Crippen LogP contribution in [0, 0.1) is 0 Å². The fourth-order valence-electron chi connectivity index (χ4n) is 2.22. The topological polar surface area (TPSA) is 86.8 Å². The molecule has 0 saturated carbocycles. The van der Waals surface area contributed by atoms with E-state index in [1.807, 2.05) is 0 Å². The van der Waals surface area contributed by atoms with E-state index in [9.17, 15) is 9.59 Å². The van der Waals surface area contributed by atoms with E-state index in [2.05, 4.69) is 10.3 Å². The first-order chi connectivity index (χ1) is 12.1. The minimum absolute atomic E-state index is 0.0655. The highest BCUT2D eigenvalue weighted by Crippen LogP contribution is 2.38. The Morgan fingerprint density at radius 3 is 2.96 bits per heavy atom. The van der Waals surface area contributed by atoms with Crippen LogP contribution in [0.2, 0.25) is 5.02 Å². The first kappa shape index (κ1) is 17.5. The minimum Gasteiger partial charge on any atom is -0.486 e. The predicted octanol–water partition coefficient (Wildman–Crippen LogP) is 2.93. The van der Waals surface area contributed by atoms with Gasteiger partial charge < -0.3 is 14.2 Å². The minimum atomic E-state index is -0.379. The molecule has 0 saturated heterocycles. The number of ether oxygens (including phenoxy) is 3. The third-order valence-electron chi connectivity index (χ3n) is 3.26. The van der Waals surface area contributed by atoms with E-state index < -0.39 is 0 Å². The van der Waals surface area contributed by atoms with Crippen LogP contribution in [-0.4, -0.2) is 36.7 Å². The molecule has 1 aromatic carbocycles. The summed E-state index contributed by atoms with van der Waals surface area (Å²) in [6.07, 6.45) is 0.0655. The Kier molecular flexibility index (Phi) is 5.40. The van der Waals surface area contributed by atoms with Crippen molar-refractivity contribution in [3.8, 4) is 11.5 Å². The number of halogens is 1. The van der Waals surface area contributed by atoms with Gasteiger partial charge in [-0.05, 0) is 19.1 Å². The van der Waals surface area contributed by atoms with Gasteiger partial charge in [0.05, 0.1) is 23.7 Å². The lowest BCUT2D eigenvalue weighted by atomic mass is 10.2. The summed E-state index contributed by atoms with van der Waals surface area (Å²) in [6, 6.07) is 3.08. The summed E-state index contributed by atoms with van der Waals surface area (Å²) in [6.45, 7) is 2.87. The van der Waals surface area contributed by atoms with Gasteiger partial charge in [-0.2, -0.15) is 0 Å². The molecule has 2 aromatic rings. The molecule has 9 heteroatoms. The summed E-state index contributed by atoms with van der Waals surface area (Å²) in [5, 5.41) is 5.07. The number of thiazole rings is 1. The van der Waals surface area contributed by atoms with Gasteiger partial charge in [-0.1, -0.05) is 11.6 Å². The van der Waals surface area contributed by atoms with Crippen LogP contribution < -0.4 is 14.8 Å². The highest BCUT2D eigenvalue weighted by Gasteiger charge is 2.20. The summed E-state index contributed by atoms with van der Waals surface area (Å²) in [4.78, 5) is 28.1. The average Bonchev–Trinajstić information content (AvgIpc) is 3.01. The number of nitrogens with zero attached hydrogens (tertiary/aromatic N) is 1. The van der Waals surface area contributed by atoms with Gasteiger partial charge in [-0.3, -0.25) is 14.9 Å². The lowest BCUT2D eigenvalue weighted by molar-refractivity contribution is -0.142. The molecule has 0 spiro atoms. The Morgan fingerprint density at radius 1 is 1.36 bits per heavy atom. The third kappa shape index (κ3) is 4.21. The average molecular weight is 383 g/mol. The first-order valence-corrected chi connectivity index (χ1v) is 8.83. The molecule has 2 heterocycles. The Bertz CT molecular complexity index is 808. The summed E-state index contributed by atoms with van der Waals surface area (Å²) in [5.41, 5.74) is 0.871. The van der Waals surface area contributed by atoms with Gasteiger partial charge in [-0.15, -0.1) is 11.3 Å². The number of esters is 1. The highest BCUT2D eigenvalue weighted by atomic mass is 35.5. The van der Waals surface area contributed by atoms with Crippen molar-refractivity contribution < 1.29 is 23.8 Å². The van der Waals surface area contributed by atoms with Gasteiger partial charge in [0.2, 0.25) is 0 Å². The molecule has 0 radical (unpaired) electrons. The normalized spacial score (nSPS) is 12.6. The molecule has 1 aromatic heterocycles. The van der Waals surface area contributed by atoms with Crippen LogP contribution in [0.15, 0.2) is 17.5 Å². The zero-order chi connectivity index (χ0) is 17.8. The van der Waals surface area contributed by atoms with E-state index in [-0.39, 0.29) is 18.3 Å². The van der Waals surface area contributed by atoms with E-state index in [4.69, 9.17) is 25.8 Å². The van der Waals surface area contributed by atoms with E-state index in [0.29, 0.717) is 52.7 Å². The van der Waals surface area contributed by atoms with Gasteiger partial charge in [0.1, 0.15) is 13.2 Å². The zero-order valence-electron chi connectivity index (χ0n) is 13.3. The number of fused-ring (bicyclic) bond motifs is 1. The molecular formula is C16H15ClN2O5S. The van der Waals surface area contributed by atoms with Gasteiger partial charge in [0, 0.05) is 10.9 Å². The monoisotopic (exact) mass is 382 g/mol. The second-order valence-electron chi connectivity index (χ2n) is 5.06. The fourth-order valence-corrected chi connectivity index (χ4v) is 3.19. The second-order valence-corrected chi connectivity index (χ2v) is 6.33. The smallest absolute Gasteiger partial charge is 0.311 e. The number of aromatic nitrogens is 1. The SMILES string of the molecule is CCOC(=O)Cc1csc(NC(=O)c2cc(Cl)c3c(c2)OCCO3)n1. The van der Waals surface area contributed by atoms with Gasteiger partial charge in [-0.25, -0.2) is 4.98 Å². The van der Waals surface area contributed by atoms with Crippen molar-refractivity contribution in [3.05, 3.63) is 33.8 Å². The Balaban J connectivity index is 1.69. The third-order valence-corrected chi connectivity index (χ3v) is 4.35. The molecule has 0 bridgehead atoms. The lowest BCUT2D eigenvalue weighted by Gasteiger charge is -2.20. The maximum Gasteiger partial charge on any atom is 0.311 e. The van der Waals surface area contributed by atoms with Crippen molar-refractivity contribution >= 4 is 39.9 Å². The molecule has 0 atom stereocenters. The standard InChI is InChI=1S/C16H15ClN2O5S/c1-2-22-13(20)7-10-8-25-16(18-10)19-15(21)9-5-11(17)14-12(6-9)23-3-4-24-14/h5-6,8H,2-4,7H2,1H3,(H,18,19,21). The van der Waals surface area contributed by atoms with E-state index in [1.54, 1.807) is 18.4 Å². The van der Waals surface area contributed by atoms with Crippen LogP contribution in [0.25, 0.3) is 0 Å². The number of carbonyl (C=O) groups excluding carboxylic acids is 2. The number of rotatable bonds is 5. The maximum atomic E-state index is 12.4. The summed E-state index contributed by atoms with van der Waals surface area (Å²) < 4.78 is 15.8. The van der Waals surface area contributed by atoms with Crippen molar-refractivity contribution in [1.29, 1.82) is 0 Å². The Hall–Kier alpha value is -2.32. The van der Waals surface area contributed by atoms with Crippen LogP contribution in [0.4, 0.5) is 5.13 Å². The molecule has 1 amide bonds. The van der Waals surface area contributed by atoms with Crippen molar-refractivity contribution in [1.82, 2.24) is 4.98 Å². The van der Waals surface area contributed by atoms with Crippen molar-refractivity contribution in [2.75, 3.05) is 25.1 Å². The molecule has 132 valence electrons. The van der Waals surface area contributed by atoms with E-state index in [1.165, 1.54) is 17.4 Å². The number of hydrogen-bond acceptors (Lipinski definition) is 7. The number of nitrogens with one attached hydrogen (secondary N) is 1. The number of amides is 1. The number of anilines is 1. The maximum absolute atomic E-state index is 12.4.